The van der Waals surface area contributed by atoms with Crippen LogP contribution in [0, 0.1) is 0 Å². The first-order valence-electron chi connectivity index (χ1n) is 3.87. The van der Waals surface area contributed by atoms with E-state index >= 15 is 0 Å². The number of hydrogen-bond donors (Lipinski definition) is 4. The van der Waals surface area contributed by atoms with Gasteiger partial charge in [0, 0.05) is 25.7 Å². The maximum absolute atomic E-state index is 11.2. The van der Waals surface area contributed by atoms with Gasteiger partial charge in [-0.25, -0.2) is 5.43 Å². The second-order valence-corrected chi connectivity index (χ2v) is 2.86. The average Bonchev–Trinajstić information content (AvgIpc) is 2.06. The Morgan fingerprint density at radius 2 is 2.09 bits per heavy atom. The second kappa shape index (κ2) is 2.77. The lowest BCUT2D eigenvalue weighted by atomic mass is 10.0. The summed E-state index contributed by atoms with van der Waals surface area (Å²) < 4.78 is 0. The van der Waals surface area contributed by atoms with Gasteiger partial charge in [0.05, 0.1) is 0 Å². The van der Waals surface area contributed by atoms with Crippen molar-refractivity contribution in [3.8, 4) is 0 Å². The Labute approximate surface area is 64.9 Å². The minimum atomic E-state index is -0.0509. The SMILES string of the molecule is O=C1NNCC2NCCNC12. The molecule has 62 valence electrons. The van der Waals surface area contributed by atoms with E-state index in [9.17, 15) is 4.79 Å². The highest BCUT2D eigenvalue weighted by molar-refractivity contribution is 5.83. The van der Waals surface area contributed by atoms with Crippen LogP contribution in [0.15, 0.2) is 0 Å². The van der Waals surface area contributed by atoms with E-state index in [0.717, 1.165) is 19.6 Å². The van der Waals surface area contributed by atoms with Gasteiger partial charge in [0.2, 0.25) is 0 Å². The monoisotopic (exact) mass is 156 g/mol. The van der Waals surface area contributed by atoms with Crippen molar-refractivity contribution in [2.75, 3.05) is 19.6 Å². The first-order chi connectivity index (χ1) is 5.38. The molecule has 0 spiro atoms. The molecule has 2 aliphatic rings. The standard InChI is InChI=1S/C6H12N4O/c11-6-5-4(3-9-10-6)7-1-2-8-5/h4-5,7-9H,1-3H2,(H,10,11). The minimum absolute atomic E-state index is 0.0356. The van der Waals surface area contributed by atoms with Crippen LogP contribution in [0.2, 0.25) is 0 Å². The molecule has 0 aliphatic carbocycles. The van der Waals surface area contributed by atoms with Gasteiger partial charge in [0.15, 0.2) is 0 Å². The van der Waals surface area contributed by atoms with Crippen LogP contribution in [0.25, 0.3) is 0 Å². The number of rotatable bonds is 0. The third-order valence-corrected chi connectivity index (χ3v) is 2.11. The smallest absolute Gasteiger partial charge is 0.252 e. The van der Waals surface area contributed by atoms with E-state index < -0.39 is 0 Å². The average molecular weight is 156 g/mol. The highest BCUT2D eigenvalue weighted by atomic mass is 16.2. The molecule has 0 aromatic carbocycles. The minimum Gasteiger partial charge on any atom is -0.309 e. The maximum atomic E-state index is 11.2. The lowest BCUT2D eigenvalue weighted by Gasteiger charge is -2.36. The van der Waals surface area contributed by atoms with E-state index in [1.807, 2.05) is 0 Å². The van der Waals surface area contributed by atoms with Crippen molar-refractivity contribution >= 4 is 5.91 Å². The third-order valence-electron chi connectivity index (χ3n) is 2.11. The van der Waals surface area contributed by atoms with Gasteiger partial charge < -0.3 is 10.6 Å². The molecule has 5 nitrogen and oxygen atoms in total. The van der Waals surface area contributed by atoms with E-state index in [-0.39, 0.29) is 18.0 Å². The number of hydrogen-bond acceptors (Lipinski definition) is 4. The molecule has 2 aliphatic heterocycles. The summed E-state index contributed by atoms with van der Waals surface area (Å²) in [7, 11) is 0. The molecule has 0 bridgehead atoms. The largest absolute Gasteiger partial charge is 0.309 e. The van der Waals surface area contributed by atoms with Crippen LogP contribution < -0.4 is 21.5 Å². The Kier molecular flexibility index (Phi) is 1.77. The Morgan fingerprint density at radius 1 is 1.27 bits per heavy atom. The van der Waals surface area contributed by atoms with Crippen LogP contribution in [0.1, 0.15) is 0 Å². The highest BCUT2D eigenvalue weighted by Crippen LogP contribution is 2.00. The van der Waals surface area contributed by atoms with E-state index in [4.69, 9.17) is 0 Å². The maximum Gasteiger partial charge on any atom is 0.252 e. The lowest BCUT2D eigenvalue weighted by molar-refractivity contribution is -0.127. The summed E-state index contributed by atoms with van der Waals surface area (Å²) in [6.07, 6.45) is 0. The van der Waals surface area contributed by atoms with Crippen LogP contribution in [0.4, 0.5) is 0 Å². The van der Waals surface area contributed by atoms with Gasteiger partial charge in [0.1, 0.15) is 6.04 Å². The van der Waals surface area contributed by atoms with Crippen molar-refractivity contribution in [2.24, 2.45) is 0 Å². The van der Waals surface area contributed by atoms with Gasteiger partial charge in [-0.3, -0.25) is 10.2 Å². The molecule has 11 heavy (non-hydrogen) atoms. The summed E-state index contributed by atoms with van der Waals surface area (Å²) in [6, 6.07) is 0.197. The summed E-state index contributed by atoms with van der Waals surface area (Å²) in [4.78, 5) is 11.2. The van der Waals surface area contributed by atoms with Crippen LogP contribution in [-0.4, -0.2) is 37.6 Å². The molecule has 2 atom stereocenters. The molecule has 2 unspecified atom stereocenters. The number of nitrogens with one attached hydrogen (secondary N) is 4. The van der Waals surface area contributed by atoms with Gasteiger partial charge in [-0.1, -0.05) is 0 Å². The number of amides is 1. The summed E-state index contributed by atoms with van der Waals surface area (Å²) >= 11 is 0. The van der Waals surface area contributed by atoms with Crippen molar-refractivity contribution in [1.29, 1.82) is 0 Å². The molecule has 5 heteroatoms. The molecular formula is C6H12N4O. The molecular weight excluding hydrogens is 144 g/mol. The van der Waals surface area contributed by atoms with Crippen LogP contribution >= 0.6 is 0 Å². The van der Waals surface area contributed by atoms with Crippen LogP contribution in [0.3, 0.4) is 0 Å². The Bertz CT molecular complexity index is 170. The summed E-state index contributed by atoms with van der Waals surface area (Å²) in [5.74, 6) is 0.0356. The fourth-order valence-electron chi connectivity index (χ4n) is 1.54. The Morgan fingerprint density at radius 3 is 2.91 bits per heavy atom. The molecule has 2 heterocycles. The molecule has 0 aromatic rings. The Balaban J connectivity index is 2.05. The quantitative estimate of drug-likeness (QED) is 0.314. The molecule has 2 rings (SSSR count). The molecule has 0 saturated carbocycles. The van der Waals surface area contributed by atoms with Gasteiger partial charge in [-0.05, 0) is 0 Å². The van der Waals surface area contributed by atoms with Crippen molar-refractivity contribution in [3.63, 3.8) is 0 Å². The third kappa shape index (κ3) is 1.22. The molecule has 2 fully saturated rings. The molecule has 2 saturated heterocycles. The highest BCUT2D eigenvalue weighted by Gasteiger charge is 2.33. The summed E-state index contributed by atoms with van der Waals surface area (Å²) in [5, 5.41) is 6.42. The van der Waals surface area contributed by atoms with Crippen molar-refractivity contribution in [2.45, 2.75) is 12.1 Å². The van der Waals surface area contributed by atoms with E-state index in [2.05, 4.69) is 21.5 Å². The number of carbonyl (C=O) groups is 1. The predicted octanol–water partition coefficient (Wildman–Crippen LogP) is -2.45. The number of hydrazine groups is 1. The fourth-order valence-corrected chi connectivity index (χ4v) is 1.54. The van der Waals surface area contributed by atoms with E-state index in [1.165, 1.54) is 0 Å². The molecule has 0 aromatic heterocycles. The lowest BCUT2D eigenvalue weighted by Crippen LogP contribution is -2.70. The molecule has 4 N–H and O–H groups in total. The second-order valence-electron chi connectivity index (χ2n) is 2.86. The predicted molar refractivity (Wildman–Crippen MR) is 39.7 cm³/mol. The van der Waals surface area contributed by atoms with Crippen molar-refractivity contribution in [3.05, 3.63) is 0 Å². The van der Waals surface area contributed by atoms with Crippen LogP contribution in [0.5, 0.6) is 0 Å². The topological polar surface area (TPSA) is 65.2 Å². The van der Waals surface area contributed by atoms with Gasteiger partial charge in [-0.2, -0.15) is 0 Å². The zero-order valence-electron chi connectivity index (χ0n) is 6.18. The van der Waals surface area contributed by atoms with Crippen molar-refractivity contribution < 1.29 is 4.79 Å². The fraction of sp³-hybridized carbons (Fsp3) is 0.833. The van der Waals surface area contributed by atoms with Crippen LogP contribution in [-0.2, 0) is 4.79 Å². The number of piperazine rings is 1. The van der Waals surface area contributed by atoms with Gasteiger partial charge in [-0.15, -0.1) is 0 Å². The van der Waals surface area contributed by atoms with E-state index in [0.29, 0.717) is 0 Å². The number of fused-ring (bicyclic) bond motifs is 1. The summed E-state index contributed by atoms with van der Waals surface area (Å²) in [5.41, 5.74) is 5.42. The van der Waals surface area contributed by atoms with Gasteiger partial charge in [0.25, 0.3) is 5.91 Å². The zero-order chi connectivity index (χ0) is 7.68. The normalized spacial score (nSPS) is 37.6. The first-order valence-corrected chi connectivity index (χ1v) is 3.87. The number of carbonyl (C=O) groups excluding carboxylic acids is 1. The van der Waals surface area contributed by atoms with Gasteiger partial charge >= 0.3 is 0 Å². The summed E-state index contributed by atoms with van der Waals surface area (Å²) in [6.45, 7) is 2.61. The first kappa shape index (κ1) is 7.02. The zero-order valence-corrected chi connectivity index (χ0v) is 6.18. The van der Waals surface area contributed by atoms with E-state index in [1.54, 1.807) is 0 Å². The molecule has 1 amide bonds. The molecule has 0 radical (unpaired) electrons. The van der Waals surface area contributed by atoms with Crippen molar-refractivity contribution in [1.82, 2.24) is 21.5 Å². The Hall–Kier alpha value is -0.650.